The minimum Gasteiger partial charge on any atom is -0.379 e. The van der Waals surface area contributed by atoms with Crippen molar-refractivity contribution in [2.45, 2.75) is 13.5 Å². The van der Waals surface area contributed by atoms with Crippen LogP contribution < -0.4 is 0 Å². The van der Waals surface area contributed by atoms with Gasteiger partial charge in [0.25, 0.3) is 0 Å². The van der Waals surface area contributed by atoms with Crippen LogP contribution in [-0.2, 0) is 16.1 Å². The average molecular weight is 181 g/mol. The van der Waals surface area contributed by atoms with E-state index in [1.54, 1.807) is 12.4 Å². The molecular formula is C10H15NO2. The first-order valence-corrected chi connectivity index (χ1v) is 4.48. The molecule has 3 nitrogen and oxygen atoms in total. The summed E-state index contributed by atoms with van der Waals surface area (Å²) in [6, 6.07) is 3.90. The third kappa shape index (κ3) is 4.60. The van der Waals surface area contributed by atoms with Crippen molar-refractivity contribution in [2.75, 3.05) is 19.8 Å². The van der Waals surface area contributed by atoms with Crippen LogP contribution in [0.4, 0.5) is 0 Å². The number of pyridine rings is 1. The van der Waals surface area contributed by atoms with Crippen molar-refractivity contribution in [3.8, 4) is 0 Å². The first-order chi connectivity index (χ1) is 6.43. The van der Waals surface area contributed by atoms with Gasteiger partial charge in [0, 0.05) is 19.0 Å². The second-order valence-corrected chi connectivity index (χ2v) is 2.61. The Morgan fingerprint density at radius 3 is 2.85 bits per heavy atom. The minimum atomic E-state index is 0.612. The Morgan fingerprint density at radius 2 is 2.15 bits per heavy atom. The van der Waals surface area contributed by atoms with Crippen molar-refractivity contribution in [2.24, 2.45) is 0 Å². The molecule has 0 aliphatic heterocycles. The Hall–Kier alpha value is -0.930. The second-order valence-electron chi connectivity index (χ2n) is 2.61. The van der Waals surface area contributed by atoms with E-state index in [9.17, 15) is 0 Å². The molecule has 1 aromatic rings. The van der Waals surface area contributed by atoms with Gasteiger partial charge in [-0.1, -0.05) is 6.07 Å². The van der Waals surface area contributed by atoms with Crippen LogP contribution in [0.2, 0.25) is 0 Å². The van der Waals surface area contributed by atoms with Crippen LogP contribution >= 0.6 is 0 Å². The topological polar surface area (TPSA) is 31.4 Å². The Morgan fingerprint density at radius 1 is 1.31 bits per heavy atom. The first-order valence-electron chi connectivity index (χ1n) is 4.48. The standard InChI is InChI=1S/C10H15NO2/c1-2-12-6-7-13-9-10-4-3-5-11-8-10/h3-5,8H,2,6-7,9H2,1H3. The summed E-state index contributed by atoms with van der Waals surface area (Å²) in [5, 5.41) is 0. The molecule has 0 unspecified atom stereocenters. The normalized spacial score (nSPS) is 10.2. The minimum absolute atomic E-state index is 0.612. The van der Waals surface area contributed by atoms with Gasteiger partial charge in [-0.2, -0.15) is 0 Å². The largest absolute Gasteiger partial charge is 0.379 e. The maximum Gasteiger partial charge on any atom is 0.0732 e. The van der Waals surface area contributed by atoms with Crippen LogP contribution in [-0.4, -0.2) is 24.8 Å². The maximum atomic E-state index is 5.36. The van der Waals surface area contributed by atoms with E-state index in [1.165, 1.54) is 0 Å². The molecule has 0 atom stereocenters. The van der Waals surface area contributed by atoms with Crippen LogP contribution in [0, 0.1) is 0 Å². The molecule has 0 saturated carbocycles. The lowest BCUT2D eigenvalue weighted by Gasteiger charge is -2.03. The van der Waals surface area contributed by atoms with E-state index in [0.717, 1.165) is 12.2 Å². The predicted octanol–water partition coefficient (Wildman–Crippen LogP) is 1.63. The second kappa shape index (κ2) is 6.57. The van der Waals surface area contributed by atoms with Crippen LogP contribution in [0.5, 0.6) is 0 Å². The SMILES string of the molecule is CCOCCOCc1cccnc1. The number of hydrogen-bond acceptors (Lipinski definition) is 3. The summed E-state index contributed by atoms with van der Waals surface area (Å²) in [6.45, 7) is 4.64. The lowest BCUT2D eigenvalue weighted by atomic mass is 10.3. The van der Waals surface area contributed by atoms with Gasteiger partial charge >= 0.3 is 0 Å². The quantitative estimate of drug-likeness (QED) is 0.625. The molecule has 0 aliphatic carbocycles. The molecule has 3 heteroatoms. The summed E-state index contributed by atoms with van der Waals surface area (Å²) in [5.41, 5.74) is 1.10. The molecule has 0 fully saturated rings. The molecule has 13 heavy (non-hydrogen) atoms. The first kappa shape index (κ1) is 10.2. The zero-order valence-electron chi connectivity index (χ0n) is 7.90. The summed E-state index contributed by atoms with van der Waals surface area (Å²) in [4.78, 5) is 3.99. The van der Waals surface area contributed by atoms with E-state index < -0.39 is 0 Å². The van der Waals surface area contributed by atoms with Gasteiger partial charge in [-0.15, -0.1) is 0 Å². The molecule has 1 heterocycles. The maximum absolute atomic E-state index is 5.36. The lowest BCUT2D eigenvalue weighted by molar-refractivity contribution is 0.0452. The van der Waals surface area contributed by atoms with Crippen LogP contribution in [0.15, 0.2) is 24.5 Å². The molecule has 0 aliphatic rings. The monoisotopic (exact) mass is 181 g/mol. The molecule has 1 rings (SSSR count). The molecule has 0 spiro atoms. The number of aromatic nitrogens is 1. The molecular weight excluding hydrogens is 166 g/mol. The third-order valence-electron chi connectivity index (χ3n) is 1.57. The van der Waals surface area contributed by atoms with E-state index in [2.05, 4.69) is 4.98 Å². The lowest BCUT2D eigenvalue weighted by Crippen LogP contribution is -2.03. The van der Waals surface area contributed by atoms with Crippen LogP contribution in [0.25, 0.3) is 0 Å². The Kier molecular flexibility index (Phi) is 5.13. The van der Waals surface area contributed by atoms with Gasteiger partial charge < -0.3 is 9.47 Å². The highest BCUT2D eigenvalue weighted by Gasteiger charge is 1.91. The molecule has 0 aromatic carbocycles. The summed E-state index contributed by atoms with van der Waals surface area (Å²) in [6.07, 6.45) is 3.56. The highest BCUT2D eigenvalue weighted by Crippen LogP contribution is 1.97. The van der Waals surface area contributed by atoms with Crippen molar-refractivity contribution in [3.63, 3.8) is 0 Å². The zero-order valence-corrected chi connectivity index (χ0v) is 7.90. The highest BCUT2D eigenvalue weighted by atomic mass is 16.5. The number of rotatable bonds is 6. The Labute approximate surface area is 78.7 Å². The average Bonchev–Trinajstić information content (AvgIpc) is 2.19. The highest BCUT2D eigenvalue weighted by molar-refractivity contribution is 5.06. The van der Waals surface area contributed by atoms with E-state index in [4.69, 9.17) is 9.47 Å². The molecule has 0 saturated heterocycles. The molecule has 0 amide bonds. The zero-order chi connectivity index (χ0) is 9.36. The molecule has 0 radical (unpaired) electrons. The van der Waals surface area contributed by atoms with Gasteiger partial charge in [0.05, 0.1) is 19.8 Å². The molecule has 1 aromatic heterocycles. The van der Waals surface area contributed by atoms with Crippen molar-refractivity contribution >= 4 is 0 Å². The van der Waals surface area contributed by atoms with Gasteiger partial charge in [0.1, 0.15) is 0 Å². The number of ether oxygens (including phenoxy) is 2. The van der Waals surface area contributed by atoms with Crippen LogP contribution in [0.1, 0.15) is 12.5 Å². The van der Waals surface area contributed by atoms with Gasteiger partial charge in [-0.05, 0) is 18.6 Å². The smallest absolute Gasteiger partial charge is 0.0732 e. The van der Waals surface area contributed by atoms with Crippen molar-refractivity contribution in [1.82, 2.24) is 4.98 Å². The fourth-order valence-electron chi connectivity index (χ4n) is 0.936. The van der Waals surface area contributed by atoms with E-state index in [-0.39, 0.29) is 0 Å². The summed E-state index contributed by atoms with van der Waals surface area (Å²) in [7, 11) is 0. The molecule has 72 valence electrons. The fourth-order valence-corrected chi connectivity index (χ4v) is 0.936. The summed E-state index contributed by atoms with van der Waals surface area (Å²) >= 11 is 0. The van der Waals surface area contributed by atoms with Crippen LogP contribution in [0.3, 0.4) is 0 Å². The molecule has 0 bridgehead atoms. The molecule has 0 N–H and O–H groups in total. The van der Waals surface area contributed by atoms with E-state index in [0.29, 0.717) is 19.8 Å². The van der Waals surface area contributed by atoms with Gasteiger partial charge in [0.15, 0.2) is 0 Å². The predicted molar refractivity (Wildman–Crippen MR) is 50.4 cm³/mol. The fraction of sp³-hybridized carbons (Fsp3) is 0.500. The van der Waals surface area contributed by atoms with Gasteiger partial charge in [-0.25, -0.2) is 0 Å². The van der Waals surface area contributed by atoms with E-state index >= 15 is 0 Å². The Balaban J connectivity index is 2.07. The van der Waals surface area contributed by atoms with Gasteiger partial charge in [-0.3, -0.25) is 4.98 Å². The third-order valence-corrected chi connectivity index (χ3v) is 1.57. The van der Waals surface area contributed by atoms with Gasteiger partial charge in [0.2, 0.25) is 0 Å². The number of hydrogen-bond donors (Lipinski definition) is 0. The summed E-state index contributed by atoms with van der Waals surface area (Å²) < 4.78 is 10.5. The summed E-state index contributed by atoms with van der Waals surface area (Å²) in [5.74, 6) is 0. The van der Waals surface area contributed by atoms with Crippen molar-refractivity contribution < 1.29 is 9.47 Å². The van der Waals surface area contributed by atoms with E-state index in [1.807, 2.05) is 19.1 Å². The van der Waals surface area contributed by atoms with Crippen molar-refractivity contribution in [1.29, 1.82) is 0 Å². The number of nitrogens with zero attached hydrogens (tertiary/aromatic N) is 1. The van der Waals surface area contributed by atoms with Crippen molar-refractivity contribution in [3.05, 3.63) is 30.1 Å². The Bertz CT molecular complexity index is 213.